The molecule has 0 aromatic carbocycles. The van der Waals surface area contributed by atoms with Gasteiger partial charge in [0, 0.05) is 17.6 Å². The predicted molar refractivity (Wildman–Crippen MR) is 59.4 cm³/mol. The molecular formula is C10H9ClN4. The van der Waals surface area contributed by atoms with Crippen molar-refractivity contribution in [3.05, 3.63) is 35.4 Å². The summed E-state index contributed by atoms with van der Waals surface area (Å²) in [5.74, 6) is 0. The molecule has 0 unspecified atom stereocenters. The normalized spacial score (nSPS) is 10.3. The van der Waals surface area contributed by atoms with E-state index in [1.807, 2.05) is 13.0 Å². The molecule has 0 saturated carbocycles. The maximum Gasteiger partial charge on any atom is 0.223 e. The Balaban J connectivity index is 2.54. The minimum atomic E-state index is 0.217. The van der Waals surface area contributed by atoms with Crippen LogP contribution in [-0.4, -0.2) is 15.0 Å². The van der Waals surface area contributed by atoms with Crippen LogP contribution >= 0.6 is 11.6 Å². The van der Waals surface area contributed by atoms with E-state index in [4.69, 9.17) is 17.3 Å². The molecule has 2 N–H and O–H groups in total. The van der Waals surface area contributed by atoms with Crippen molar-refractivity contribution in [2.75, 3.05) is 5.73 Å². The van der Waals surface area contributed by atoms with Gasteiger partial charge in [0.15, 0.2) is 0 Å². The van der Waals surface area contributed by atoms with Gasteiger partial charge in [0.05, 0.1) is 11.4 Å². The van der Waals surface area contributed by atoms with Gasteiger partial charge in [0.25, 0.3) is 0 Å². The van der Waals surface area contributed by atoms with E-state index >= 15 is 0 Å². The third-order valence-electron chi connectivity index (χ3n) is 1.87. The average molecular weight is 221 g/mol. The van der Waals surface area contributed by atoms with Gasteiger partial charge in [-0.2, -0.15) is 0 Å². The van der Waals surface area contributed by atoms with Crippen molar-refractivity contribution < 1.29 is 0 Å². The summed E-state index contributed by atoms with van der Waals surface area (Å²) in [6.07, 6.45) is 1.63. The number of aromatic nitrogens is 3. The molecule has 0 aliphatic heterocycles. The first-order chi connectivity index (χ1) is 7.15. The standard InChI is InChI=1S/C10H9ClN4/c1-6-4-9(15-10(11)14-6)8-5-7(12)2-3-13-8/h2-5H,1H3,(H2,12,13). The van der Waals surface area contributed by atoms with Crippen LogP contribution in [0.1, 0.15) is 5.69 Å². The number of nitrogens with two attached hydrogens (primary N) is 1. The number of halogens is 1. The molecule has 5 heteroatoms. The smallest absolute Gasteiger partial charge is 0.223 e. The first kappa shape index (κ1) is 9.86. The third-order valence-corrected chi connectivity index (χ3v) is 2.04. The Morgan fingerprint density at radius 2 is 2.00 bits per heavy atom. The van der Waals surface area contributed by atoms with Crippen LogP contribution in [0.4, 0.5) is 5.69 Å². The number of hydrogen-bond donors (Lipinski definition) is 1. The summed E-state index contributed by atoms with van der Waals surface area (Å²) >= 11 is 5.76. The molecule has 0 amide bonds. The minimum Gasteiger partial charge on any atom is -0.399 e. The molecule has 2 aromatic heterocycles. The Morgan fingerprint density at radius 3 is 2.67 bits per heavy atom. The Kier molecular flexibility index (Phi) is 2.51. The second-order valence-corrected chi connectivity index (χ2v) is 3.48. The second kappa shape index (κ2) is 3.82. The van der Waals surface area contributed by atoms with E-state index in [2.05, 4.69) is 15.0 Å². The Morgan fingerprint density at radius 1 is 1.20 bits per heavy atom. The molecule has 0 bridgehead atoms. The summed E-state index contributed by atoms with van der Waals surface area (Å²) in [4.78, 5) is 12.2. The zero-order chi connectivity index (χ0) is 10.8. The van der Waals surface area contributed by atoms with Gasteiger partial charge in [-0.15, -0.1) is 0 Å². The number of hydrogen-bond acceptors (Lipinski definition) is 4. The second-order valence-electron chi connectivity index (χ2n) is 3.14. The molecule has 0 atom stereocenters. The van der Waals surface area contributed by atoms with E-state index in [-0.39, 0.29) is 5.28 Å². The highest BCUT2D eigenvalue weighted by molar-refractivity contribution is 6.28. The maximum absolute atomic E-state index is 5.76. The van der Waals surface area contributed by atoms with Gasteiger partial charge in [0.1, 0.15) is 0 Å². The monoisotopic (exact) mass is 220 g/mol. The average Bonchev–Trinajstić information content (AvgIpc) is 2.16. The van der Waals surface area contributed by atoms with Gasteiger partial charge in [-0.05, 0) is 36.7 Å². The molecule has 0 radical (unpaired) electrons. The van der Waals surface area contributed by atoms with E-state index in [0.29, 0.717) is 17.1 Å². The van der Waals surface area contributed by atoms with Gasteiger partial charge in [-0.25, -0.2) is 9.97 Å². The molecule has 76 valence electrons. The van der Waals surface area contributed by atoms with Crippen molar-refractivity contribution >= 4 is 17.3 Å². The highest BCUT2D eigenvalue weighted by Crippen LogP contribution is 2.18. The number of aryl methyl sites for hydroxylation is 1. The van der Waals surface area contributed by atoms with Crippen molar-refractivity contribution in [2.24, 2.45) is 0 Å². The van der Waals surface area contributed by atoms with Gasteiger partial charge < -0.3 is 5.73 Å². The van der Waals surface area contributed by atoms with Gasteiger partial charge in [-0.3, -0.25) is 4.98 Å². The summed E-state index contributed by atoms with van der Waals surface area (Å²) in [5, 5.41) is 0.217. The van der Waals surface area contributed by atoms with Crippen LogP contribution in [0.5, 0.6) is 0 Å². The number of nitrogen functional groups attached to an aromatic ring is 1. The van der Waals surface area contributed by atoms with Crippen molar-refractivity contribution in [1.82, 2.24) is 15.0 Å². The summed E-state index contributed by atoms with van der Waals surface area (Å²) in [7, 11) is 0. The lowest BCUT2D eigenvalue weighted by Gasteiger charge is -2.02. The predicted octanol–water partition coefficient (Wildman–Crippen LogP) is 2.08. The molecule has 2 heterocycles. The van der Waals surface area contributed by atoms with Crippen LogP contribution in [0.2, 0.25) is 5.28 Å². The van der Waals surface area contributed by atoms with Gasteiger partial charge in [-0.1, -0.05) is 0 Å². The van der Waals surface area contributed by atoms with E-state index in [1.54, 1.807) is 18.3 Å². The summed E-state index contributed by atoms with van der Waals surface area (Å²) in [6.45, 7) is 1.85. The van der Waals surface area contributed by atoms with Crippen molar-refractivity contribution in [3.8, 4) is 11.4 Å². The van der Waals surface area contributed by atoms with Crippen LogP contribution in [0.3, 0.4) is 0 Å². The number of pyridine rings is 1. The molecule has 0 aliphatic rings. The fourth-order valence-electron chi connectivity index (χ4n) is 1.25. The molecule has 0 saturated heterocycles. The summed E-state index contributed by atoms with van der Waals surface area (Å²) in [6, 6.07) is 5.28. The quantitative estimate of drug-likeness (QED) is 0.748. The third kappa shape index (κ3) is 2.22. The van der Waals surface area contributed by atoms with Crippen LogP contribution in [0.15, 0.2) is 24.4 Å². The van der Waals surface area contributed by atoms with E-state index < -0.39 is 0 Å². The Hall–Kier alpha value is -1.68. The fourth-order valence-corrected chi connectivity index (χ4v) is 1.47. The van der Waals surface area contributed by atoms with Crippen molar-refractivity contribution in [3.63, 3.8) is 0 Å². The molecule has 2 rings (SSSR count). The van der Waals surface area contributed by atoms with Crippen LogP contribution in [0, 0.1) is 6.92 Å². The molecule has 4 nitrogen and oxygen atoms in total. The molecule has 2 aromatic rings. The summed E-state index contributed by atoms with van der Waals surface area (Å²) in [5.41, 5.74) is 8.48. The van der Waals surface area contributed by atoms with Gasteiger partial charge >= 0.3 is 0 Å². The van der Waals surface area contributed by atoms with Gasteiger partial charge in [0.2, 0.25) is 5.28 Å². The molecule has 0 aliphatic carbocycles. The van der Waals surface area contributed by atoms with Crippen molar-refractivity contribution in [2.45, 2.75) is 6.92 Å². The first-order valence-electron chi connectivity index (χ1n) is 4.38. The minimum absolute atomic E-state index is 0.217. The Labute approximate surface area is 92.2 Å². The highest BCUT2D eigenvalue weighted by atomic mass is 35.5. The summed E-state index contributed by atoms with van der Waals surface area (Å²) < 4.78 is 0. The van der Waals surface area contributed by atoms with Crippen LogP contribution in [-0.2, 0) is 0 Å². The molecule has 0 fully saturated rings. The first-order valence-corrected chi connectivity index (χ1v) is 4.76. The van der Waals surface area contributed by atoms with Crippen LogP contribution in [0.25, 0.3) is 11.4 Å². The number of rotatable bonds is 1. The van der Waals surface area contributed by atoms with Crippen molar-refractivity contribution in [1.29, 1.82) is 0 Å². The Bertz CT molecular complexity index is 478. The highest BCUT2D eigenvalue weighted by Gasteiger charge is 2.04. The maximum atomic E-state index is 5.76. The molecule has 15 heavy (non-hydrogen) atoms. The fraction of sp³-hybridized carbons (Fsp3) is 0.100. The molecule has 0 spiro atoms. The molecular weight excluding hydrogens is 212 g/mol. The zero-order valence-corrected chi connectivity index (χ0v) is 8.86. The van der Waals surface area contributed by atoms with Crippen LogP contribution < -0.4 is 5.73 Å². The zero-order valence-electron chi connectivity index (χ0n) is 8.11. The van der Waals surface area contributed by atoms with E-state index in [1.165, 1.54) is 0 Å². The lowest BCUT2D eigenvalue weighted by molar-refractivity contribution is 1.10. The topological polar surface area (TPSA) is 64.7 Å². The lowest BCUT2D eigenvalue weighted by atomic mass is 10.2. The number of anilines is 1. The SMILES string of the molecule is Cc1cc(-c2cc(N)ccn2)nc(Cl)n1. The van der Waals surface area contributed by atoms with E-state index in [9.17, 15) is 0 Å². The number of nitrogens with zero attached hydrogens (tertiary/aromatic N) is 3. The lowest BCUT2D eigenvalue weighted by Crippen LogP contribution is -1.94. The largest absolute Gasteiger partial charge is 0.399 e. The van der Waals surface area contributed by atoms with E-state index in [0.717, 1.165) is 5.69 Å².